The Morgan fingerprint density at radius 3 is 2.23 bits per heavy atom. The molecule has 0 aliphatic carbocycles. The van der Waals surface area contributed by atoms with Gasteiger partial charge in [0.15, 0.2) is 0 Å². The summed E-state index contributed by atoms with van der Waals surface area (Å²) < 4.78 is 0. The van der Waals surface area contributed by atoms with Crippen LogP contribution < -0.4 is 0 Å². The molecule has 0 N–H and O–H groups in total. The molecule has 0 saturated carbocycles. The molecule has 70 valence electrons. The Bertz CT molecular complexity index is 265. The van der Waals surface area contributed by atoms with E-state index in [1.807, 2.05) is 45.1 Å². The van der Waals surface area contributed by atoms with Crippen molar-refractivity contribution in [3.05, 3.63) is 48.2 Å². The van der Waals surface area contributed by atoms with E-state index in [9.17, 15) is 0 Å². The minimum absolute atomic E-state index is 0.973. The van der Waals surface area contributed by atoms with Crippen molar-refractivity contribution >= 4 is 6.21 Å². The van der Waals surface area contributed by atoms with Crippen molar-refractivity contribution in [3.63, 3.8) is 0 Å². The summed E-state index contributed by atoms with van der Waals surface area (Å²) in [5, 5.41) is 0. The second kappa shape index (κ2) is 7.29. The Morgan fingerprint density at radius 2 is 1.77 bits per heavy atom. The summed E-state index contributed by atoms with van der Waals surface area (Å²) in [6.07, 6.45) is 11.4. The summed E-state index contributed by atoms with van der Waals surface area (Å²) in [5.74, 6) is 0. The van der Waals surface area contributed by atoms with E-state index in [4.69, 9.17) is 0 Å². The zero-order valence-electron chi connectivity index (χ0n) is 8.62. The van der Waals surface area contributed by atoms with E-state index in [-0.39, 0.29) is 0 Å². The molecule has 0 aromatic rings. The van der Waals surface area contributed by atoms with E-state index in [2.05, 4.69) is 11.6 Å². The molecular weight excluding hydrogens is 158 g/mol. The maximum atomic E-state index is 4.25. The summed E-state index contributed by atoms with van der Waals surface area (Å²) in [6, 6.07) is 0. The summed E-state index contributed by atoms with van der Waals surface area (Å²) in [4.78, 5) is 4.25. The smallest absolute Gasteiger partial charge is 0.0655 e. The number of nitrogens with zero attached hydrogens (tertiary/aromatic N) is 1. The molecule has 0 aliphatic heterocycles. The Hall–Kier alpha value is -1.37. The van der Waals surface area contributed by atoms with Gasteiger partial charge in [0.05, 0.1) is 5.70 Å². The van der Waals surface area contributed by atoms with Gasteiger partial charge in [0.1, 0.15) is 0 Å². The number of aliphatic imine (C=N–C) groups is 1. The van der Waals surface area contributed by atoms with Gasteiger partial charge in [0.2, 0.25) is 0 Å². The van der Waals surface area contributed by atoms with E-state index in [0.717, 1.165) is 11.3 Å². The van der Waals surface area contributed by atoms with Crippen LogP contribution in [0.3, 0.4) is 0 Å². The summed E-state index contributed by atoms with van der Waals surface area (Å²) in [6.45, 7) is 9.59. The first-order valence-electron chi connectivity index (χ1n) is 4.37. The quantitative estimate of drug-likeness (QED) is 0.456. The molecule has 0 aromatic heterocycles. The fourth-order valence-electron chi connectivity index (χ4n) is 0.903. The molecule has 0 aromatic carbocycles. The first-order chi connectivity index (χ1) is 6.26. The van der Waals surface area contributed by atoms with Gasteiger partial charge in [0.25, 0.3) is 0 Å². The molecule has 0 unspecified atom stereocenters. The molecular formula is C12H17N. The largest absolute Gasteiger partial charge is 0.257 e. The Balaban J connectivity index is 4.86. The number of allylic oxidation sites excluding steroid dienone is 6. The molecule has 0 radical (unpaired) electrons. The minimum atomic E-state index is 0.973. The first-order valence-corrected chi connectivity index (χ1v) is 4.37. The topological polar surface area (TPSA) is 12.4 Å². The maximum absolute atomic E-state index is 4.25. The molecule has 0 saturated heterocycles. The van der Waals surface area contributed by atoms with E-state index in [1.165, 1.54) is 0 Å². The maximum Gasteiger partial charge on any atom is 0.0655 e. The first kappa shape index (κ1) is 11.6. The van der Waals surface area contributed by atoms with E-state index >= 15 is 0 Å². The molecule has 0 aliphatic rings. The van der Waals surface area contributed by atoms with E-state index < -0.39 is 0 Å². The van der Waals surface area contributed by atoms with Crippen LogP contribution in [0.5, 0.6) is 0 Å². The van der Waals surface area contributed by atoms with E-state index in [0.29, 0.717) is 0 Å². The van der Waals surface area contributed by atoms with Crippen LogP contribution in [0.1, 0.15) is 20.8 Å². The Kier molecular flexibility index (Phi) is 6.52. The second-order valence-corrected chi connectivity index (χ2v) is 2.58. The summed E-state index contributed by atoms with van der Waals surface area (Å²) >= 11 is 0. The van der Waals surface area contributed by atoms with Crippen molar-refractivity contribution in [1.82, 2.24) is 0 Å². The number of rotatable bonds is 4. The van der Waals surface area contributed by atoms with Crippen LogP contribution in [-0.4, -0.2) is 6.21 Å². The lowest BCUT2D eigenvalue weighted by Crippen LogP contribution is -1.79. The predicted octanol–water partition coefficient (Wildman–Crippen LogP) is 3.67. The van der Waals surface area contributed by atoms with Gasteiger partial charge >= 0.3 is 0 Å². The van der Waals surface area contributed by atoms with Gasteiger partial charge in [-0.25, -0.2) is 0 Å². The lowest BCUT2D eigenvalue weighted by molar-refractivity contribution is 1.31. The van der Waals surface area contributed by atoms with Crippen molar-refractivity contribution in [1.29, 1.82) is 0 Å². The zero-order chi connectivity index (χ0) is 10.1. The molecule has 0 rings (SSSR count). The van der Waals surface area contributed by atoms with Gasteiger partial charge in [-0.05, 0) is 32.4 Å². The van der Waals surface area contributed by atoms with Gasteiger partial charge in [-0.15, -0.1) is 0 Å². The fourth-order valence-corrected chi connectivity index (χ4v) is 0.903. The molecule has 1 heteroatoms. The number of hydrogen-bond donors (Lipinski definition) is 0. The third kappa shape index (κ3) is 4.96. The van der Waals surface area contributed by atoms with Crippen molar-refractivity contribution in [2.75, 3.05) is 0 Å². The van der Waals surface area contributed by atoms with Gasteiger partial charge in [-0.1, -0.05) is 30.9 Å². The average Bonchev–Trinajstić information content (AvgIpc) is 2.12. The predicted molar refractivity (Wildman–Crippen MR) is 61.0 cm³/mol. The highest BCUT2D eigenvalue weighted by atomic mass is 14.7. The standard InChI is InChI=1S/C12H17N/c1-5-8-11(4)12(9-6-2)13-10-7-3/h5-10H,3H2,1-2,4H3/b8-5-,9-6-,12-11+,13-10-. The van der Waals surface area contributed by atoms with Gasteiger partial charge in [0, 0.05) is 6.21 Å². The van der Waals surface area contributed by atoms with Crippen LogP contribution in [0.25, 0.3) is 0 Å². The van der Waals surface area contributed by atoms with Crippen LogP contribution in [0.2, 0.25) is 0 Å². The Morgan fingerprint density at radius 1 is 1.15 bits per heavy atom. The SMILES string of the molecule is C=C\C=N/C(/C=C\C)=C(C)/C=C\C. The molecule has 0 spiro atoms. The van der Waals surface area contributed by atoms with Crippen LogP contribution in [0.15, 0.2) is 53.2 Å². The third-order valence-electron chi connectivity index (χ3n) is 1.46. The van der Waals surface area contributed by atoms with Gasteiger partial charge in [-0.2, -0.15) is 0 Å². The van der Waals surface area contributed by atoms with Crippen molar-refractivity contribution in [2.45, 2.75) is 20.8 Å². The average molecular weight is 175 g/mol. The van der Waals surface area contributed by atoms with Crippen LogP contribution in [-0.2, 0) is 0 Å². The van der Waals surface area contributed by atoms with Gasteiger partial charge in [-0.3, -0.25) is 4.99 Å². The normalized spacial score (nSPS) is 14.4. The fraction of sp³-hybridized carbons (Fsp3) is 0.250. The molecule has 0 atom stereocenters. The van der Waals surface area contributed by atoms with Crippen LogP contribution in [0, 0.1) is 0 Å². The molecule has 0 heterocycles. The van der Waals surface area contributed by atoms with Crippen LogP contribution in [0.4, 0.5) is 0 Å². The summed E-state index contributed by atoms with van der Waals surface area (Å²) in [5.41, 5.74) is 2.12. The highest BCUT2D eigenvalue weighted by Gasteiger charge is 1.90. The van der Waals surface area contributed by atoms with E-state index in [1.54, 1.807) is 12.3 Å². The van der Waals surface area contributed by atoms with Crippen molar-refractivity contribution in [2.24, 2.45) is 4.99 Å². The lowest BCUT2D eigenvalue weighted by atomic mass is 10.2. The molecule has 0 fully saturated rings. The minimum Gasteiger partial charge on any atom is -0.257 e. The lowest BCUT2D eigenvalue weighted by Gasteiger charge is -1.97. The zero-order valence-corrected chi connectivity index (χ0v) is 8.62. The monoisotopic (exact) mass is 175 g/mol. The molecule has 13 heavy (non-hydrogen) atoms. The third-order valence-corrected chi connectivity index (χ3v) is 1.46. The molecule has 1 nitrogen and oxygen atoms in total. The van der Waals surface area contributed by atoms with Gasteiger partial charge < -0.3 is 0 Å². The summed E-state index contributed by atoms with van der Waals surface area (Å²) in [7, 11) is 0. The number of hydrogen-bond acceptors (Lipinski definition) is 1. The van der Waals surface area contributed by atoms with Crippen molar-refractivity contribution in [3.8, 4) is 0 Å². The van der Waals surface area contributed by atoms with Crippen molar-refractivity contribution < 1.29 is 0 Å². The highest BCUT2D eigenvalue weighted by molar-refractivity contribution is 5.71. The van der Waals surface area contributed by atoms with Crippen LogP contribution >= 0.6 is 0 Å². The molecule has 0 amide bonds. The second-order valence-electron chi connectivity index (χ2n) is 2.58. The highest BCUT2D eigenvalue weighted by Crippen LogP contribution is 2.08. The molecule has 0 bridgehead atoms. The Labute approximate surface area is 80.9 Å².